The molecule has 4 rings (SSSR count). The fourth-order valence-corrected chi connectivity index (χ4v) is 7.13. The molecule has 31 heavy (non-hydrogen) atoms. The fourth-order valence-electron chi connectivity index (χ4n) is 6.64. The molecule has 0 spiro atoms. The third kappa shape index (κ3) is 5.02. The molecule has 0 aromatic carbocycles. The quantitative estimate of drug-likeness (QED) is 0.628. The lowest BCUT2D eigenvalue weighted by atomic mass is 9.64. The van der Waals surface area contributed by atoms with Crippen LogP contribution < -0.4 is 10.6 Å². The zero-order chi connectivity index (χ0) is 22.2. The number of nitrogens with one attached hydrogen (secondary N) is 2. The molecule has 178 valence electrons. The van der Waals surface area contributed by atoms with Crippen LogP contribution in [0.2, 0.25) is 0 Å². The molecular formula is C22H36ClF3N4O. The molecule has 2 aliphatic heterocycles. The van der Waals surface area contributed by atoms with Gasteiger partial charge in [-0.2, -0.15) is 13.2 Å². The molecule has 7 atom stereocenters. The summed E-state index contributed by atoms with van der Waals surface area (Å²) in [6.45, 7) is 5.66. The van der Waals surface area contributed by atoms with Gasteiger partial charge in [-0.25, -0.2) is 0 Å². The van der Waals surface area contributed by atoms with Crippen molar-refractivity contribution in [3.05, 3.63) is 0 Å². The molecule has 9 heteroatoms. The van der Waals surface area contributed by atoms with Crippen LogP contribution >= 0.6 is 11.6 Å². The van der Waals surface area contributed by atoms with E-state index in [4.69, 9.17) is 11.6 Å². The Kier molecular flexibility index (Phi) is 7.41. The van der Waals surface area contributed by atoms with Gasteiger partial charge in [0.2, 0.25) is 5.91 Å². The van der Waals surface area contributed by atoms with Crippen LogP contribution in [-0.4, -0.2) is 72.3 Å². The van der Waals surface area contributed by atoms with Gasteiger partial charge in [-0.15, -0.1) is 11.6 Å². The molecule has 7 unspecified atom stereocenters. The maximum absolute atomic E-state index is 13.7. The highest BCUT2D eigenvalue weighted by atomic mass is 35.5. The number of hydrogen-bond acceptors (Lipinski definition) is 4. The van der Waals surface area contributed by atoms with E-state index in [9.17, 15) is 18.0 Å². The summed E-state index contributed by atoms with van der Waals surface area (Å²) in [6, 6.07) is 0.192. The van der Waals surface area contributed by atoms with Crippen molar-refractivity contribution >= 4 is 17.5 Å². The van der Waals surface area contributed by atoms with Gasteiger partial charge < -0.3 is 10.2 Å². The Balaban J connectivity index is 1.42. The van der Waals surface area contributed by atoms with Crippen LogP contribution in [0.1, 0.15) is 51.9 Å². The molecule has 4 aliphatic rings. The van der Waals surface area contributed by atoms with Crippen LogP contribution in [0.4, 0.5) is 13.2 Å². The van der Waals surface area contributed by atoms with Gasteiger partial charge in [0.1, 0.15) is 0 Å². The van der Waals surface area contributed by atoms with Gasteiger partial charge in [0.15, 0.2) is 0 Å². The maximum atomic E-state index is 13.7. The Hall–Kier alpha value is -0.570. The summed E-state index contributed by atoms with van der Waals surface area (Å²) in [5.41, 5.74) is 0. The Labute approximate surface area is 188 Å². The van der Waals surface area contributed by atoms with Crippen LogP contribution in [0.5, 0.6) is 0 Å². The van der Waals surface area contributed by atoms with Gasteiger partial charge in [-0.05, 0) is 37.5 Å². The van der Waals surface area contributed by atoms with Crippen molar-refractivity contribution in [3.8, 4) is 0 Å². The molecule has 2 saturated heterocycles. The highest BCUT2D eigenvalue weighted by molar-refractivity contribution is 6.20. The molecule has 4 fully saturated rings. The minimum Gasteiger partial charge on any atom is -0.340 e. The van der Waals surface area contributed by atoms with E-state index in [2.05, 4.69) is 15.5 Å². The number of hydrogen-bond donors (Lipinski definition) is 2. The number of nitrogens with zero attached hydrogens (tertiary/aromatic N) is 2. The zero-order valence-electron chi connectivity index (χ0n) is 18.3. The second-order valence-corrected chi connectivity index (χ2v) is 10.4. The highest BCUT2D eigenvalue weighted by Gasteiger charge is 2.52. The Morgan fingerprint density at radius 2 is 1.71 bits per heavy atom. The number of fused-ring (bicyclic) bond motifs is 1. The van der Waals surface area contributed by atoms with E-state index in [0.717, 1.165) is 45.4 Å². The van der Waals surface area contributed by atoms with Crippen LogP contribution in [0, 0.1) is 23.7 Å². The molecule has 2 aliphatic carbocycles. The number of rotatable bonds is 3. The molecule has 2 N–H and O–H groups in total. The third-order valence-corrected chi connectivity index (χ3v) is 8.74. The minimum atomic E-state index is -4.13. The van der Waals surface area contributed by atoms with Gasteiger partial charge in [0.05, 0.1) is 12.1 Å². The zero-order valence-corrected chi connectivity index (χ0v) is 19.1. The van der Waals surface area contributed by atoms with Crippen molar-refractivity contribution in [3.63, 3.8) is 0 Å². The molecule has 0 bridgehead atoms. The molecule has 0 radical (unpaired) electrons. The average molecular weight is 465 g/mol. The first kappa shape index (κ1) is 23.6. The van der Waals surface area contributed by atoms with Gasteiger partial charge >= 0.3 is 6.18 Å². The van der Waals surface area contributed by atoms with E-state index in [1.165, 1.54) is 0 Å². The maximum Gasteiger partial charge on any atom is 0.392 e. The van der Waals surface area contributed by atoms with Crippen molar-refractivity contribution in [1.82, 2.24) is 20.4 Å². The van der Waals surface area contributed by atoms with Gasteiger partial charge in [0.25, 0.3) is 0 Å². The predicted octanol–water partition coefficient (Wildman–Crippen LogP) is 3.39. The van der Waals surface area contributed by atoms with Crippen LogP contribution in [0.15, 0.2) is 0 Å². The highest BCUT2D eigenvalue weighted by Crippen LogP contribution is 2.50. The van der Waals surface area contributed by atoms with E-state index in [1.54, 1.807) is 0 Å². The molecular weight excluding hydrogens is 429 g/mol. The summed E-state index contributed by atoms with van der Waals surface area (Å²) >= 11 is 6.84. The summed E-state index contributed by atoms with van der Waals surface area (Å²) < 4.78 is 41.2. The van der Waals surface area contributed by atoms with Crippen molar-refractivity contribution in [2.24, 2.45) is 23.7 Å². The first-order valence-electron chi connectivity index (χ1n) is 12.0. The lowest BCUT2D eigenvalue weighted by molar-refractivity contribution is -0.203. The number of piperazine rings is 1. The molecule has 1 amide bonds. The van der Waals surface area contributed by atoms with E-state index < -0.39 is 12.1 Å². The van der Waals surface area contributed by atoms with E-state index in [-0.39, 0.29) is 47.7 Å². The molecule has 0 aromatic rings. The standard InChI is InChI=1S/C22H36ClF3N4O/c1-2-20(31)29-7-9-30(10-8-29)21-16-11-18(23)15(12-19(16)27-13-28-21)14-5-3-4-6-17(14)22(24,25)26/h14-19,21,27-28H,2-13H2,1H3. The summed E-state index contributed by atoms with van der Waals surface area (Å²) in [6.07, 6.45) is 0.471. The lowest BCUT2D eigenvalue weighted by Gasteiger charge is -2.53. The summed E-state index contributed by atoms with van der Waals surface area (Å²) in [4.78, 5) is 16.3. The molecule has 2 saturated carbocycles. The molecule has 5 nitrogen and oxygen atoms in total. The van der Waals surface area contributed by atoms with E-state index >= 15 is 0 Å². The van der Waals surface area contributed by atoms with Crippen LogP contribution in [0.3, 0.4) is 0 Å². The minimum absolute atomic E-state index is 0.0832. The second kappa shape index (κ2) is 9.74. The normalized spacial score (nSPS) is 40.4. The average Bonchev–Trinajstić information content (AvgIpc) is 2.77. The SMILES string of the molecule is CCC(=O)N1CCN(C2NCNC3CC(C4CCCCC4C(F)(F)F)C(Cl)CC32)CC1. The van der Waals surface area contributed by atoms with E-state index in [0.29, 0.717) is 25.9 Å². The fraction of sp³-hybridized carbons (Fsp3) is 0.955. The summed E-state index contributed by atoms with van der Waals surface area (Å²) in [7, 11) is 0. The Morgan fingerprint density at radius 3 is 2.39 bits per heavy atom. The smallest absolute Gasteiger partial charge is 0.340 e. The monoisotopic (exact) mass is 464 g/mol. The third-order valence-electron chi connectivity index (χ3n) is 8.24. The first-order chi connectivity index (χ1) is 14.8. The van der Waals surface area contributed by atoms with Gasteiger partial charge in [-0.1, -0.05) is 19.8 Å². The van der Waals surface area contributed by atoms with Crippen molar-refractivity contribution in [2.45, 2.75) is 75.6 Å². The lowest BCUT2D eigenvalue weighted by Crippen LogP contribution is -2.68. The number of carbonyl (C=O) groups excluding carboxylic acids is 1. The largest absolute Gasteiger partial charge is 0.392 e. The second-order valence-electron chi connectivity index (χ2n) is 9.82. The number of carbonyl (C=O) groups is 1. The van der Waals surface area contributed by atoms with Crippen molar-refractivity contribution < 1.29 is 18.0 Å². The number of alkyl halides is 4. The topological polar surface area (TPSA) is 47.6 Å². The van der Waals surface area contributed by atoms with Crippen LogP contribution in [-0.2, 0) is 4.79 Å². The number of amides is 1. The van der Waals surface area contributed by atoms with Crippen molar-refractivity contribution in [2.75, 3.05) is 32.8 Å². The van der Waals surface area contributed by atoms with Gasteiger partial charge in [0, 0.05) is 56.6 Å². The predicted molar refractivity (Wildman–Crippen MR) is 115 cm³/mol. The first-order valence-corrected chi connectivity index (χ1v) is 12.4. The Morgan fingerprint density at radius 1 is 1.00 bits per heavy atom. The Bertz CT molecular complexity index is 628. The van der Waals surface area contributed by atoms with Crippen LogP contribution in [0.25, 0.3) is 0 Å². The van der Waals surface area contributed by atoms with Gasteiger partial charge in [-0.3, -0.25) is 15.0 Å². The number of halogens is 4. The van der Waals surface area contributed by atoms with E-state index in [1.807, 2.05) is 11.8 Å². The summed E-state index contributed by atoms with van der Waals surface area (Å²) in [5.74, 6) is -1.17. The van der Waals surface area contributed by atoms with Crippen molar-refractivity contribution in [1.29, 1.82) is 0 Å². The summed E-state index contributed by atoms with van der Waals surface area (Å²) in [5, 5.41) is 6.87. The molecule has 0 aromatic heterocycles. The molecule has 2 heterocycles.